The molecule has 1 saturated heterocycles. The topological polar surface area (TPSA) is 77.1 Å². The Morgan fingerprint density at radius 2 is 2.12 bits per heavy atom. The van der Waals surface area contributed by atoms with Crippen LogP contribution in [0.5, 0.6) is 0 Å². The van der Waals surface area contributed by atoms with E-state index in [1.807, 2.05) is 0 Å². The monoisotopic (exact) mass is 225 g/mol. The highest BCUT2D eigenvalue weighted by Crippen LogP contribution is 2.17. The summed E-state index contributed by atoms with van der Waals surface area (Å²) in [4.78, 5) is 6.46. The van der Waals surface area contributed by atoms with Gasteiger partial charge >= 0.3 is 0 Å². The molecule has 1 fully saturated rings. The fraction of sp³-hybridized carbons (Fsp3) is 0.800. The van der Waals surface area contributed by atoms with Crippen LogP contribution in [-0.4, -0.2) is 46.5 Å². The Kier molecular flexibility index (Phi) is 3.11. The summed E-state index contributed by atoms with van der Waals surface area (Å²) in [6.07, 6.45) is 1.09. The van der Waals surface area contributed by atoms with Gasteiger partial charge in [-0.3, -0.25) is 5.10 Å². The quantitative estimate of drug-likeness (QED) is 0.651. The fourth-order valence-corrected chi connectivity index (χ4v) is 1.71. The molecule has 0 saturated carbocycles. The molecule has 90 valence electrons. The van der Waals surface area contributed by atoms with Crippen LogP contribution in [0.1, 0.15) is 26.1 Å². The Bertz CT molecular complexity index is 335. The molecule has 0 spiro atoms. The number of aromatic nitrogens is 3. The zero-order chi connectivity index (χ0) is 11.6. The van der Waals surface area contributed by atoms with Crippen LogP contribution in [0.3, 0.4) is 0 Å². The summed E-state index contributed by atoms with van der Waals surface area (Å²) in [7, 11) is 0. The summed E-state index contributed by atoms with van der Waals surface area (Å²) in [6.45, 7) is 7.24. The van der Waals surface area contributed by atoms with E-state index in [0.717, 1.165) is 32.6 Å². The minimum Gasteiger partial charge on any atom is -0.382 e. The number of nitrogens with zero attached hydrogens (tertiary/aromatic N) is 3. The number of hydrogen-bond acceptors (Lipinski definition) is 5. The lowest BCUT2D eigenvalue weighted by molar-refractivity contribution is 0.0692. The van der Waals surface area contributed by atoms with Crippen LogP contribution in [0, 0.1) is 0 Å². The van der Waals surface area contributed by atoms with E-state index < -0.39 is 5.60 Å². The van der Waals surface area contributed by atoms with Crippen LogP contribution >= 0.6 is 0 Å². The molecule has 16 heavy (non-hydrogen) atoms. The second-order valence-corrected chi connectivity index (χ2v) is 4.63. The Balaban J connectivity index is 2.11. The van der Waals surface area contributed by atoms with Crippen LogP contribution in [-0.2, 0) is 5.60 Å². The van der Waals surface area contributed by atoms with Crippen molar-refractivity contribution in [3.05, 3.63) is 5.82 Å². The third-order valence-electron chi connectivity index (χ3n) is 2.68. The summed E-state index contributed by atoms with van der Waals surface area (Å²) in [5, 5.41) is 20.1. The molecule has 0 atom stereocenters. The van der Waals surface area contributed by atoms with Crippen molar-refractivity contribution < 1.29 is 5.11 Å². The Labute approximate surface area is 95.1 Å². The van der Waals surface area contributed by atoms with Crippen LogP contribution in [0.25, 0.3) is 0 Å². The van der Waals surface area contributed by atoms with Crippen LogP contribution in [0.4, 0.5) is 5.95 Å². The molecule has 6 heteroatoms. The van der Waals surface area contributed by atoms with Gasteiger partial charge in [-0.05, 0) is 26.8 Å². The van der Waals surface area contributed by atoms with Gasteiger partial charge in [-0.2, -0.15) is 4.98 Å². The smallest absolute Gasteiger partial charge is 0.244 e. The molecular formula is C10H19N5O. The fourth-order valence-electron chi connectivity index (χ4n) is 1.71. The highest BCUT2D eigenvalue weighted by molar-refractivity contribution is 5.29. The van der Waals surface area contributed by atoms with E-state index >= 15 is 0 Å². The predicted octanol–water partition coefficient (Wildman–Crippen LogP) is -0.168. The van der Waals surface area contributed by atoms with E-state index in [9.17, 15) is 5.11 Å². The number of hydrogen-bond donors (Lipinski definition) is 3. The average molecular weight is 225 g/mol. The van der Waals surface area contributed by atoms with Gasteiger partial charge in [-0.15, -0.1) is 5.10 Å². The predicted molar refractivity (Wildman–Crippen MR) is 61.3 cm³/mol. The van der Waals surface area contributed by atoms with Gasteiger partial charge in [0, 0.05) is 19.6 Å². The first-order valence-electron chi connectivity index (χ1n) is 5.68. The van der Waals surface area contributed by atoms with Crippen molar-refractivity contribution >= 4 is 5.95 Å². The van der Waals surface area contributed by atoms with E-state index in [-0.39, 0.29) is 0 Å². The zero-order valence-electron chi connectivity index (χ0n) is 9.82. The van der Waals surface area contributed by atoms with Crippen molar-refractivity contribution in [3.63, 3.8) is 0 Å². The molecule has 0 radical (unpaired) electrons. The number of H-pyrrole nitrogens is 1. The zero-order valence-corrected chi connectivity index (χ0v) is 9.82. The Morgan fingerprint density at radius 3 is 2.81 bits per heavy atom. The molecule has 1 aromatic rings. The second-order valence-electron chi connectivity index (χ2n) is 4.63. The maximum absolute atomic E-state index is 9.79. The van der Waals surface area contributed by atoms with Gasteiger partial charge in [0.15, 0.2) is 5.82 Å². The summed E-state index contributed by atoms with van der Waals surface area (Å²) < 4.78 is 0. The van der Waals surface area contributed by atoms with Crippen molar-refractivity contribution in [3.8, 4) is 0 Å². The minimum atomic E-state index is -0.963. The van der Waals surface area contributed by atoms with Crippen molar-refractivity contribution in [1.82, 2.24) is 20.5 Å². The molecule has 2 heterocycles. The largest absolute Gasteiger partial charge is 0.382 e. The maximum Gasteiger partial charge on any atom is 0.244 e. The number of aromatic amines is 1. The van der Waals surface area contributed by atoms with Crippen molar-refractivity contribution in [1.29, 1.82) is 0 Å². The summed E-state index contributed by atoms with van der Waals surface area (Å²) >= 11 is 0. The minimum absolute atomic E-state index is 0.514. The molecular weight excluding hydrogens is 206 g/mol. The number of rotatable bonds is 2. The van der Waals surface area contributed by atoms with Gasteiger partial charge < -0.3 is 15.3 Å². The first-order valence-corrected chi connectivity index (χ1v) is 5.68. The lowest BCUT2D eigenvalue weighted by Gasteiger charge is -2.17. The van der Waals surface area contributed by atoms with Crippen molar-refractivity contribution in [2.24, 2.45) is 0 Å². The molecule has 2 rings (SSSR count). The van der Waals surface area contributed by atoms with E-state index in [1.165, 1.54) is 0 Å². The highest BCUT2D eigenvalue weighted by atomic mass is 16.3. The summed E-state index contributed by atoms with van der Waals surface area (Å²) in [6, 6.07) is 0. The summed E-state index contributed by atoms with van der Waals surface area (Å²) in [5.74, 6) is 1.19. The van der Waals surface area contributed by atoms with Gasteiger partial charge in [0.1, 0.15) is 5.60 Å². The molecule has 1 aliphatic heterocycles. The van der Waals surface area contributed by atoms with Crippen molar-refractivity contribution in [2.45, 2.75) is 25.9 Å². The molecule has 1 aromatic heterocycles. The molecule has 3 N–H and O–H groups in total. The van der Waals surface area contributed by atoms with Gasteiger partial charge in [0.25, 0.3) is 0 Å². The first-order chi connectivity index (χ1) is 7.57. The Morgan fingerprint density at radius 1 is 1.31 bits per heavy atom. The van der Waals surface area contributed by atoms with Crippen molar-refractivity contribution in [2.75, 3.05) is 31.1 Å². The van der Waals surface area contributed by atoms with E-state index in [1.54, 1.807) is 13.8 Å². The maximum atomic E-state index is 9.79. The Hall–Kier alpha value is -1.14. The van der Waals surface area contributed by atoms with Gasteiger partial charge in [0.2, 0.25) is 5.95 Å². The van der Waals surface area contributed by atoms with E-state index in [2.05, 4.69) is 25.4 Å². The molecule has 0 amide bonds. The average Bonchev–Trinajstić information content (AvgIpc) is 2.55. The number of anilines is 1. The molecule has 0 bridgehead atoms. The number of nitrogens with one attached hydrogen (secondary N) is 2. The van der Waals surface area contributed by atoms with E-state index in [4.69, 9.17) is 0 Å². The van der Waals surface area contributed by atoms with Gasteiger partial charge in [-0.1, -0.05) is 0 Å². The molecule has 0 unspecified atom stereocenters. The van der Waals surface area contributed by atoms with Gasteiger partial charge in [-0.25, -0.2) is 0 Å². The SMILES string of the molecule is CC(C)(O)c1nc(N2CCCNCC2)n[nH]1. The van der Waals surface area contributed by atoms with Gasteiger partial charge in [0.05, 0.1) is 0 Å². The molecule has 0 aromatic carbocycles. The van der Waals surface area contributed by atoms with Crippen LogP contribution in [0.15, 0.2) is 0 Å². The molecule has 6 nitrogen and oxygen atoms in total. The molecule has 0 aliphatic carbocycles. The standard InChI is InChI=1S/C10H19N5O/c1-10(2,16)8-12-9(14-13-8)15-6-3-4-11-5-7-15/h11,16H,3-7H2,1-2H3,(H,12,13,14). The second kappa shape index (κ2) is 4.39. The van der Waals surface area contributed by atoms with Crippen LogP contribution in [0.2, 0.25) is 0 Å². The normalized spacial score (nSPS) is 18.6. The third kappa shape index (κ3) is 2.51. The van der Waals surface area contributed by atoms with E-state index in [0.29, 0.717) is 11.8 Å². The highest BCUT2D eigenvalue weighted by Gasteiger charge is 2.22. The lowest BCUT2D eigenvalue weighted by atomic mass is 10.1. The number of aliphatic hydroxyl groups is 1. The molecule has 1 aliphatic rings. The van der Waals surface area contributed by atoms with Crippen LogP contribution < -0.4 is 10.2 Å². The lowest BCUT2D eigenvalue weighted by Crippen LogP contribution is -2.29. The summed E-state index contributed by atoms with van der Waals surface area (Å²) in [5.41, 5.74) is -0.963. The third-order valence-corrected chi connectivity index (χ3v) is 2.68. The first kappa shape index (κ1) is 11.3.